The van der Waals surface area contributed by atoms with Gasteiger partial charge in [-0.1, -0.05) is 18.2 Å². The first-order chi connectivity index (χ1) is 12.3. The van der Waals surface area contributed by atoms with Gasteiger partial charge in [0.05, 0.1) is 13.2 Å². The topological polar surface area (TPSA) is 70.7 Å². The Balaban J connectivity index is 0.00000338. The Morgan fingerprint density at radius 1 is 1.15 bits per heavy atom. The first-order valence-corrected chi connectivity index (χ1v) is 8.99. The number of hydrogen-bond acceptors (Lipinski definition) is 3. The predicted octanol–water partition coefficient (Wildman–Crippen LogP) is 2.94. The number of methoxy groups -OCH3 is 1. The first kappa shape index (κ1) is 22.7. The Kier molecular flexibility index (Phi) is 12.1. The number of rotatable bonds is 11. The Labute approximate surface area is 173 Å². The minimum absolute atomic E-state index is 0. The first-order valence-electron chi connectivity index (χ1n) is 8.99. The van der Waals surface area contributed by atoms with Crippen LogP contribution in [0, 0.1) is 0 Å². The van der Waals surface area contributed by atoms with E-state index < -0.39 is 0 Å². The van der Waals surface area contributed by atoms with Crippen LogP contribution in [-0.2, 0) is 15.9 Å². The van der Waals surface area contributed by atoms with Crippen molar-refractivity contribution >= 4 is 40.8 Å². The number of halogens is 1. The number of aromatic nitrogens is 1. The van der Waals surface area contributed by atoms with Gasteiger partial charge in [-0.2, -0.15) is 0 Å². The van der Waals surface area contributed by atoms with Crippen LogP contribution in [-0.4, -0.2) is 57.5 Å². The lowest BCUT2D eigenvalue weighted by Crippen LogP contribution is -2.38. The average molecular weight is 474 g/mol. The maximum atomic E-state index is 5.45. The van der Waals surface area contributed by atoms with Crippen molar-refractivity contribution in [3.8, 4) is 0 Å². The van der Waals surface area contributed by atoms with Crippen LogP contribution in [0.15, 0.2) is 35.5 Å². The number of hydrogen-bond donors (Lipinski definition) is 3. The molecule has 0 bridgehead atoms. The van der Waals surface area contributed by atoms with Crippen LogP contribution in [0.4, 0.5) is 0 Å². The van der Waals surface area contributed by atoms with E-state index >= 15 is 0 Å². The standard InChI is InChI=1S/C19H30N4O2.HI/c1-3-20-19(21-10-6-12-25-14-13-24-2)22-11-9-16-15-23-18-8-5-4-7-17(16)18;/h4-5,7-8,15,23H,3,6,9-14H2,1-2H3,(H2,20,21,22);1H. The summed E-state index contributed by atoms with van der Waals surface area (Å²) in [7, 11) is 1.68. The van der Waals surface area contributed by atoms with E-state index in [0.29, 0.717) is 19.8 Å². The van der Waals surface area contributed by atoms with Crippen LogP contribution in [0.2, 0.25) is 0 Å². The number of nitrogens with zero attached hydrogens (tertiary/aromatic N) is 1. The second-order valence-corrected chi connectivity index (χ2v) is 5.76. The van der Waals surface area contributed by atoms with Crippen molar-refractivity contribution in [3.05, 3.63) is 36.0 Å². The lowest BCUT2D eigenvalue weighted by molar-refractivity contribution is 0.0702. The zero-order chi connectivity index (χ0) is 17.7. The number of fused-ring (bicyclic) bond motifs is 1. The van der Waals surface area contributed by atoms with Crippen LogP contribution < -0.4 is 10.6 Å². The highest BCUT2D eigenvalue weighted by molar-refractivity contribution is 14.0. The number of aromatic amines is 1. The maximum absolute atomic E-state index is 5.45. The minimum Gasteiger partial charge on any atom is -0.382 e. The molecule has 146 valence electrons. The smallest absolute Gasteiger partial charge is 0.191 e. The number of H-pyrrole nitrogens is 1. The zero-order valence-electron chi connectivity index (χ0n) is 15.7. The molecular weight excluding hydrogens is 443 g/mol. The van der Waals surface area contributed by atoms with Gasteiger partial charge in [0.2, 0.25) is 0 Å². The molecule has 0 atom stereocenters. The van der Waals surface area contributed by atoms with Crippen LogP contribution in [0.1, 0.15) is 18.9 Å². The number of nitrogens with one attached hydrogen (secondary N) is 3. The van der Waals surface area contributed by atoms with E-state index in [-0.39, 0.29) is 24.0 Å². The van der Waals surface area contributed by atoms with Gasteiger partial charge in [0.1, 0.15) is 0 Å². The summed E-state index contributed by atoms with van der Waals surface area (Å²) in [6.07, 6.45) is 3.95. The lowest BCUT2D eigenvalue weighted by Gasteiger charge is -2.11. The van der Waals surface area contributed by atoms with Gasteiger partial charge >= 0.3 is 0 Å². The molecule has 1 heterocycles. The molecule has 0 aliphatic rings. The van der Waals surface area contributed by atoms with E-state index in [0.717, 1.165) is 38.4 Å². The van der Waals surface area contributed by atoms with Crippen LogP contribution in [0.3, 0.4) is 0 Å². The maximum Gasteiger partial charge on any atom is 0.191 e. The summed E-state index contributed by atoms with van der Waals surface area (Å²) >= 11 is 0. The molecule has 0 saturated heterocycles. The van der Waals surface area contributed by atoms with Gasteiger partial charge in [0, 0.05) is 50.5 Å². The van der Waals surface area contributed by atoms with Crippen LogP contribution in [0.5, 0.6) is 0 Å². The fraction of sp³-hybridized carbons (Fsp3) is 0.526. The monoisotopic (exact) mass is 474 g/mol. The Morgan fingerprint density at radius 2 is 2.00 bits per heavy atom. The fourth-order valence-electron chi connectivity index (χ4n) is 2.60. The summed E-state index contributed by atoms with van der Waals surface area (Å²) in [5.74, 6) is 0.860. The molecule has 1 aromatic heterocycles. The number of aliphatic imine (C=N–C) groups is 1. The van der Waals surface area contributed by atoms with Crippen molar-refractivity contribution in [2.75, 3.05) is 46.6 Å². The molecule has 3 N–H and O–H groups in total. The molecule has 0 fully saturated rings. The molecule has 0 aliphatic carbocycles. The third kappa shape index (κ3) is 7.92. The molecule has 2 rings (SSSR count). The number of guanidine groups is 1. The van der Waals surface area contributed by atoms with E-state index in [1.165, 1.54) is 16.5 Å². The van der Waals surface area contributed by atoms with Crippen LogP contribution in [0.25, 0.3) is 10.9 Å². The third-order valence-corrected chi connectivity index (χ3v) is 3.85. The lowest BCUT2D eigenvalue weighted by atomic mass is 10.1. The second kappa shape index (κ2) is 13.8. The molecule has 0 radical (unpaired) electrons. The Hall–Kier alpha value is -1.32. The fourth-order valence-corrected chi connectivity index (χ4v) is 2.60. The number of benzene rings is 1. The largest absolute Gasteiger partial charge is 0.382 e. The summed E-state index contributed by atoms with van der Waals surface area (Å²) in [6, 6.07) is 8.39. The van der Waals surface area contributed by atoms with Gasteiger partial charge in [-0.15, -0.1) is 24.0 Å². The quantitative estimate of drug-likeness (QED) is 0.203. The van der Waals surface area contributed by atoms with Crippen molar-refractivity contribution in [1.29, 1.82) is 0 Å². The summed E-state index contributed by atoms with van der Waals surface area (Å²) in [5, 5.41) is 7.97. The van der Waals surface area contributed by atoms with E-state index in [1.807, 2.05) is 0 Å². The van der Waals surface area contributed by atoms with E-state index in [1.54, 1.807) is 7.11 Å². The Morgan fingerprint density at radius 3 is 2.81 bits per heavy atom. The normalized spacial score (nSPS) is 11.4. The summed E-state index contributed by atoms with van der Waals surface area (Å²) < 4.78 is 10.4. The molecule has 26 heavy (non-hydrogen) atoms. The Bertz CT molecular complexity index is 645. The van der Waals surface area contributed by atoms with Crippen molar-refractivity contribution in [3.63, 3.8) is 0 Å². The molecule has 0 aliphatic heterocycles. The molecule has 0 unspecified atom stereocenters. The molecule has 0 amide bonds. The van der Waals surface area contributed by atoms with Crippen molar-refractivity contribution in [2.45, 2.75) is 19.8 Å². The van der Waals surface area contributed by atoms with E-state index in [4.69, 9.17) is 9.47 Å². The van der Waals surface area contributed by atoms with Crippen molar-refractivity contribution < 1.29 is 9.47 Å². The minimum atomic E-state index is 0. The highest BCUT2D eigenvalue weighted by Gasteiger charge is 2.03. The zero-order valence-corrected chi connectivity index (χ0v) is 18.0. The molecule has 2 aromatic rings. The predicted molar refractivity (Wildman–Crippen MR) is 119 cm³/mol. The summed E-state index contributed by atoms with van der Waals surface area (Å²) in [4.78, 5) is 7.91. The average Bonchev–Trinajstić information content (AvgIpc) is 3.04. The molecule has 7 heteroatoms. The molecule has 6 nitrogen and oxygen atoms in total. The summed E-state index contributed by atoms with van der Waals surface area (Å²) in [6.45, 7) is 6.51. The van der Waals surface area contributed by atoms with Crippen molar-refractivity contribution in [2.24, 2.45) is 4.99 Å². The van der Waals surface area contributed by atoms with Gasteiger partial charge in [-0.05, 0) is 31.4 Å². The van der Waals surface area contributed by atoms with Crippen molar-refractivity contribution in [1.82, 2.24) is 15.6 Å². The van der Waals surface area contributed by atoms with Gasteiger partial charge in [-0.3, -0.25) is 4.99 Å². The highest BCUT2D eigenvalue weighted by atomic mass is 127. The number of para-hydroxylation sites is 1. The van der Waals surface area contributed by atoms with Gasteiger partial charge in [0.15, 0.2) is 5.96 Å². The van der Waals surface area contributed by atoms with E-state index in [2.05, 4.69) is 58.0 Å². The summed E-state index contributed by atoms with van der Waals surface area (Å²) in [5.41, 5.74) is 2.51. The molecule has 0 spiro atoms. The van der Waals surface area contributed by atoms with Gasteiger partial charge in [0.25, 0.3) is 0 Å². The molecular formula is C19H31IN4O2. The third-order valence-electron chi connectivity index (χ3n) is 3.85. The highest BCUT2D eigenvalue weighted by Crippen LogP contribution is 2.17. The van der Waals surface area contributed by atoms with Gasteiger partial charge in [-0.25, -0.2) is 0 Å². The van der Waals surface area contributed by atoms with E-state index in [9.17, 15) is 0 Å². The molecule has 1 aromatic carbocycles. The van der Waals surface area contributed by atoms with Crippen LogP contribution >= 0.6 is 24.0 Å². The molecule has 0 saturated carbocycles. The number of ether oxygens (including phenoxy) is 2. The second-order valence-electron chi connectivity index (χ2n) is 5.76. The SMILES string of the molecule is CCNC(=NCCCOCCOC)NCCc1c[nH]c2ccccc12.I. The van der Waals surface area contributed by atoms with Gasteiger partial charge < -0.3 is 25.1 Å².